The molecule has 0 saturated heterocycles. The number of carbonyl (C=O) groups excluding carboxylic acids is 1. The molecule has 1 amide bonds. The molecule has 2 N–H and O–H groups in total. The van der Waals surface area contributed by atoms with E-state index >= 15 is 0 Å². The largest absolute Gasteiger partial charge is 0.505 e. The molecule has 0 aliphatic carbocycles. The second kappa shape index (κ2) is 7.31. The fourth-order valence-corrected chi connectivity index (χ4v) is 4.36. The highest BCUT2D eigenvalue weighted by molar-refractivity contribution is 7.92. The SMILES string of the molecule is CN(c1c2c(c(O)c3ncc(Cc4cc(Cl)c(F)cc4F)cc13)C(=O)NC2)S(C)(=O)=O. The summed E-state index contributed by atoms with van der Waals surface area (Å²) in [5.74, 6) is -2.57. The number of phenolic OH excluding ortho intramolecular Hbond substituents is 1. The van der Waals surface area contributed by atoms with Crippen LogP contribution in [0.4, 0.5) is 14.5 Å². The topological polar surface area (TPSA) is 99.6 Å². The van der Waals surface area contributed by atoms with Crippen LogP contribution in [0.25, 0.3) is 10.9 Å². The van der Waals surface area contributed by atoms with Crippen molar-refractivity contribution in [3.63, 3.8) is 0 Å². The maximum Gasteiger partial charge on any atom is 0.255 e. The number of halogens is 3. The minimum absolute atomic E-state index is 0.00811. The van der Waals surface area contributed by atoms with E-state index in [2.05, 4.69) is 10.3 Å². The molecule has 4 rings (SSSR count). The second-order valence-electron chi connectivity index (χ2n) is 7.24. The number of phenols is 1. The molecule has 1 aliphatic heterocycles. The van der Waals surface area contributed by atoms with Crippen molar-refractivity contribution in [3.05, 3.63) is 63.3 Å². The summed E-state index contributed by atoms with van der Waals surface area (Å²) in [4.78, 5) is 16.4. The number of anilines is 1. The average molecular weight is 468 g/mol. The van der Waals surface area contributed by atoms with E-state index in [0.717, 1.165) is 10.6 Å². The van der Waals surface area contributed by atoms with Crippen molar-refractivity contribution in [2.75, 3.05) is 17.6 Å². The molecule has 0 radical (unpaired) electrons. The van der Waals surface area contributed by atoms with Crippen LogP contribution in [0.5, 0.6) is 5.75 Å². The van der Waals surface area contributed by atoms with Crippen LogP contribution in [0.1, 0.15) is 27.0 Å². The first kappa shape index (κ1) is 21.3. The molecular weight excluding hydrogens is 452 g/mol. The van der Waals surface area contributed by atoms with Crippen LogP contribution >= 0.6 is 11.6 Å². The van der Waals surface area contributed by atoms with Gasteiger partial charge in [0.2, 0.25) is 10.0 Å². The van der Waals surface area contributed by atoms with Crippen LogP contribution < -0.4 is 9.62 Å². The normalized spacial score (nSPS) is 13.4. The Morgan fingerprint density at radius 2 is 1.97 bits per heavy atom. The predicted octanol–water partition coefficient (Wildman–Crippen LogP) is 3.10. The lowest BCUT2D eigenvalue weighted by atomic mass is 9.98. The van der Waals surface area contributed by atoms with Gasteiger partial charge in [-0.25, -0.2) is 17.2 Å². The Balaban J connectivity index is 1.95. The molecule has 0 spiro atoms. The van der Waals surface area contributed by atoms with E-state index in [1.165, 1.54) is 19.3 Å². The zero-order valence-electron chi connectivity index (χ0n) is 16.3. The molecule has 0 bridgehead atoms. The van der Waals surface area contributed by atoms with Crippen molar-refractivity contribution in [1.29, 1.82) is 0 Å². The number of nitrogens with one attached hydrogen (secondary N) is 1. The van der Waals surface area contributed by atoms with Crippen LogP contribution in [-0.2, 0) is 23.0 Å². The van der Waals surface area contributed by atoms with Crippen LogP contribution in [0, 0.1) is 11.6 Å². The zero-order chi connectivity index (χ0) is 22.7. The number of aromatic nitrogens is 1. The fourth-order valence-electron chi connectivity index (χ4n) is 3.63. The van der Waals surface area contributed by atoms with Gasteiger partial charge in [-0.05, 0) is 23.3 Å². The molecule has 0 fully saturated rings. The van der Waals surface area contributed by atoms with Crippen LogP contribution in [-0.4, -0.2) is 37.7 Å². The maximum absolute atomic E-state index is 14.2. The molecule has 0 saturated carbocycles. The van der Waals surface area contributed by atoms with Gasteiger partial charge in [0.25, 0.3) is 5.91 Å². The molecule has 11 heteroatoms. The van der Waals surface area contributed by atoms with Gasteiger partial charge in [0.1, 0.15) is 17.2 Å². The molecule has 162 valence electrons. The Morgan fingerprint density at radius 1 is 1.26 bits per heavy atom. The summed E-state index contributed by atoms with van der Waals surface area (Å²) in [6.07, 6.45) is 2.36. The van der Waals surface area contributed by atoms with Crippen LogP contribution in [0.15, 0.2) is 24.4 Å². The van der Waals surface area contributed by atoms with Crippen molar-refractivity contribution in [1.82, 2.24) is 10.3 Å². The molecular formula is C20H16ClF2N3O4S. The van der Waals surface area contributed by atoms with Crippen LogP contribution in [0.2, 0.25) is 5.02 Å². The number of hydrogen-bond donors (Lipinski definition) is 2. The van der Waals surface area contributed by atoms with Gasteiger partial charge in [-0.3, -0.25) is 14.1 Å². The molecule has 1 aromatic heterocycles. The second-order valence-corrected chi connectivity index (χ2v) is 9.66. The quantitative estimate of drug-likeness (QED) is 0.574. The third-order valence-corrected chi connectivity index (χ3v) is 6.66. The molecule has 7 nitrogen and oxygen atoms in total. The number of aromatic hydroxyl groups is 1. The fraction of sp³-hybridized carbons (Fsp3) is 0.200. The number of amides is 1. The van der Waals surface area contributed by atoms with Gasteiger partial charge in [-0.2, -0.15) is 0 Å². The van der Waals surface area contributed by atoms with Crippen molar-refractivity contribution >= 4 is 44.1 Å². The molecule has 1 aliphatic rings. The molecule has 2 heterocycles. The van der Waals surface area contributed by atoms with E-state index in [4.69, 9.17) is 11.6 Å². The Bertz CT molecular complexity index is 1380. The molecule has 0 atom stereocenters. The van der Waals surface area contributed by atoms with E-state index < -0.39 is 27.6 Å². The van der Waals surface area contributed by atoms with Crippen molar-refractivity contribution in [2.45, 2.75) is 13.0 Å². The zero-order valence-corrected chi connectivity index (χ0v) is 17.9. The Morgan fingerprint density at radius 3 is 2.65 bits per heavy atom. The highest BCUT2D eigenvalue weighted by Crippen LogP contribution is 2.42. The lowest BCUT2D eigenvalue weighted by molar-refractivity contribution is 0.0963. The summed E-state index contributed by atoms with van der Waals surface area (Å²) >= 11 is 5.76. The smallest absolute Gasteiger partial charge is 0.255 e. The maximum atomic E-state index is 14.2. The summed E-state index contributed by atoms with van der Waals surface area (Å²) in [5, 5.41) is 13.2. The first-order valence-electron chi connectivity index (χ1n) is 9.01. The number of pyridine rings is 1. The third-order valence-electron chi connectivity index (χ3n) is 5.20. The van der Waals surface area contributed by atoms with Gasteiger partial charge in [0, 0.05) is 43.2 Å². The van der Waals surface area contributed by atoms with Crippen molar-refractivity contribution in [3.8, 4) is 5.75 Å². The Hall–Kier alpha value is -2.98. The highest BCUT2D eigenvalue weighted by Gasteiger charge is 2.32. The van der Waals surface area contributed by atoms with E-state index in [0.29, 0.717) is 17.2 Å². The Labute approximate surface area is 181 Å². The minimum Gasteiger partial charge on any atom is -0.505 e. The summed E-state index contributed by atoms with van der Waals surface area (Å²) in [7, 11) is -2.39. The Kier molecular flexibility index (Phi) is 5.01. The number of rotatable bonds is 4. The van der Waals surface area contributed by atoms with Gasteiger partial charge in [-0.1, -0.05) is 11.6 Å². The van der Waals surface area contributed by atoms with E-state index in [-0.39, 0.29) is 51.5 Å². The van der Waals surface area contributed by atoms with Crippen molar-refractivity contribution in [2.24, 2.45) is 0 Å². The number of hydrogen-bond acceptors (Lipinski definition) is 5. The summed E-state index contributed by atoms with van der Waals surface area (Å²) in [5.41, 5.74) is 1.09. The molecule has 0 unspecified atom stereocenters. The average Bonchev–Trinajstić information content (AvgIpc) is 3.07. The first-order valence-corrected chi connectivity index (χ1v) is 11.2. The standard InChI is InChI=1S/C20H16ClF2N3O4S/c1-26(31(2,29)30)18-11-4-9(3-10-5-13(21)15(23)6-14(10)22)7-24-17(11)19(27)16-12(18)8-25-20(16)28/h4-7,27H,3,8H2,1-2H3,(H,25,28). The number of fused-ring (bicyclic) bond motifs is 2. The molecule has 2 aromatic carbocycles. The number of carbonyl (C=O) groups is 1. The van der Waals surface area contributed by atoms with Crippen LogP contribution in [0.3, 0.4) is 0 Å². The monoisotopic (exact) mass is 467 g/mol. The van der Waals surface area contributed by atoms with E-state index in [1.54, 1.807) is 6.07 Å². The van der Waals surface area contributed by atoms with Gasteiger partial charge in [0.05, 0.1) is 22.5 Å². The van der Waals surface area contributed by atoms with Gasteiger partial charge >= 0.3 is 0 Å². The third kappa shape index (κ3) is 3.55. The van der Waals surface area contributed by atoms with Gasteiger partial charge in [0.15, 0.2) is 5.75 Å². The molecule has 31 heavy (non-hydrogen) atoms. The minimum atomic E-state index is -3.72. The van der Waals surface area contributed by atoms with E-state index in [1.807, 2.05) is 0 Å². The lowest BCUT2D eigenvalue weighted by Crippen LogP contribution is -2.26. The first-order chi connectivity index (χ1) is 14.5. The lowest BCUT2D eigenvalue weighted by Gasteiger charge is -2.22. The highest BCUT2D eigenvalue weighted by atomic mass is 35.5. The van der Waals surface area contributed by atoms with Gasteiger partial charge in [-0.15, -0.1) is 0 Å². The van der Waals surface area contributed by atoms with Gasteiger partial charge < -0.3 is 10.4 Å². The summed E-state index contributed by atoms with van der Waals surface area (Å²) in [6, 6.07) is 3.41. The summed E-state index contributed by atoms with van der Waals surface area (Å²) < 4.78 is 53.2. The van der Waals surface area contributed by atoms with Crippen molar-refractivity contribution < 1.29 is 27.1 Å². The number of sulfonamides is 1. The molecule has 3 aromatic rings. The number of benzene rings is 2. The number of nitrogens with zero attached hydrogens (tertiary/aromatic N) is 2. The summed E-state index contributed by atoms with van der Waals surface area (Å²) in [6.45, 7) is 0.0271. The predicted molar refractivity (Wildman–Crippen MR) is 112 cm³/mol. The van der Waals surface area contributed by atoms with E-state index in [9.17, 15) is 27.1 Å².